The molecule has 0 N–H and O–H groups in total. The normalized spacial score (nSPS) is 24.3. The van der Waals surface area contributed by atoms with Crippen LogP contribution in [0.2, 0.25) is 0 Å². The van der Waals surface area contributed by atoms with Crippen molar-refractivity contribution in [1.29, 1.82) is 0 Å². The topological polar surface area (TPSA) is 0 Å². The van der Waals surface area contributed by atoms with E-state index in [4.69, 9.17) is 0 Å². The maximum atomic E-state index is 2.33. The molecule has 1 aliphatic rings. The Morgan fingerprint density at radius 3 is 3.44 bits per heavy atom. The van der Waals surface area contributed by atoms with E-state index in [0.717, 1.165) is 5.25 Å². The van der Waals surface area contributed by atoms with E-state index >= 15 is 0 Å². The number of rotatable bonds is 0. The van der Waals surface area contributed by atoms with Crippen molar-refractivity contribution in [3.63, 3.8) is 0 Å². The van der Waals surface area contributed by atoms with E-state index < -0.39 is 0 Å². The molecule has 48 valence electrons. The van der Waals surface area contributed by atoms with Gasteiger partial charge in [-0.1, -0.05) is 0 Å². The monoisotopic (exact) mass is 204 g/mol. The number of fused-ring (bicyclic) bond motifs is 1. The Labute approximate surface area is 65.4 Å². The van der Waals surface area contributed by atoms with E-state index in [1.54, 1.807) is 9.33 Å². The van der Waals surface area contributed by atoms with Gasteiger partial charge in [-0.25, -0.2) is 0 Å². The second-order valence-corrected chi connectivity index (χ2v) is 6.32. The molecule has 2 heteroatoms. The predicted octanol–water partition coefficient (Wildman–Crippen LogP) is 1.78. The Bertz CT molecular complexity index is 196. The molecule has 2 rings (SSSR count). The molecule has 1 aromatic rings. The predicted molar refractivity (Wildman–Crippen MR) is 42.4 cm³/mol. The molecule has 0 aliphatic carbocycles. The molecule has 0 aromatic carbocycles. The van der Waals surface area contributed by atoms with E-state index in [-0.39, 0.29) is 0 Å². The second-order valence-electron chi connectivity index (χ2n) is 2.37. The SMILES string of the molecule is CC1Cc2cc[se]c2S1. The van der Waals surface area contributed by atoms with Gasteiger partial charge in [0.15, 0.2) is 0 Å². The minimum absolute atomic E-state index is 0.713. The standard InChI is InChI=1S/C7H8SSe/c1-5-4-6-2-3-9-7(6)8-5/h2-3,5H,4H2,1H3. The molecule has 0 radical (unpaired) electrons. The summed E-state index contributed by atoms with van der Waals surface area (Å²) >= 11 is 2.79. The molecule has 0 saturated heterocycles. The van der Waals surface area contributed by atoms with Crippen molar-refractivity contribution in [2.24, 2.45) is 0 Å². The average Bonchev–Trinajstić information content (AvgIpc) is 2.22. The van der Waals surface area contributed by atoms with Gasteiger partial charge in [0.2, 0.25) is 0 Å². The maximum absolute atomic E-state index is 2.33. The second kappa shape index (κ2) is 2.19. The number of hydrogen-bond donors (Lipinski definition) is 0. The van der Waals surface area contributed by atoms with Crippen molar-refractivity contribution in [1.82, 2.24) is 0 Å². The zero-order valence-electron chi connectivity index (χ0n) is 5.26. The van der Waals surface area contributed by atoms with Gasteiger partial charge in [0.05, 0.1) is 0 Å². The van der Waals surface area contributed by atoms with Crippen molar-refractivity contribution in [3.8, 4) is 0 Å². The molecule has 0 saturated carbocycles. The van der Waals surface area contributed by atoms with Gasteiger partial charge in [0, 0.05) is 0 Å². The van der Waals surface area contributed by atoms with Crippen LogP contribution in [-0.2, 0) is 6.42 Å². The summed E-state index contributed by atoms with van der Waals surface area (Å²) in [4.78, 5) is 2.33. The van der Waals surface area contributed by atoms with Crippen molar-refractivity contribution < 1.29 is 0 Å². The molecule has 0 amide bonds. The van der Waals surface area contributed by atoms with Crippen molar-refractivity contribution in [2.45, 2.75) is 22.4 Å². The van der Waals surface area contributed by atoms with Gasteiger partial charge in [-0.05, 0) is 0 Å². The number of hydrogen-bond acceptors (Lipinski definition) is 1. The number of thioether (sulfide) groups is 1. The van der Waals surface area contributed by atoms with Crippen LogP contribution in [0.25, 0.3) is 0 Å². The van der Waals surface area contributed by atoms with Gasteiger partial charge < -0.3 is 0 Å². The summed E-state index contributed by atoms with van der Waals surface area (Å²) in [6.07, 6.45) is 1.32. The van der Waals surface area contributed by atoms with Gasteiger partial charge in [-0.3, -0.25) is 0 Å². The third kappa shape index (κ3) is 1.000. The van der Waals surface area contributed by atoms with Gasteiger partial charge >= 0.3 is 65.2 Å². The first-order valence-electron chi connectivity index (χ1n) is 3.09. The Morgan fingerprint density at radius 1 is 1.78 bits per heavy atom. The molecule has 1 aromatic heterocycles. The fourth-order valence-electron chi connectivity index (χ4n) is 1.11. The van der Waals surface area contributed by atoms with E-state index in [2.05, 4.69) is 29.7 Å². The van der Waals surface area contributed by atoms with Gasteiger partial charge in [0.25, 0.3) is 0 Å². The Hall–Kier alpha value is 0.349. The van der Waals surface area contributed by atoms with Crippen LogP contribution in [0.3, 0.4) is 0 Å². The van der Waals surface area contributed by atoms with E-state index in [1.807, 2.05) is 0 Å². The third-order valence-corrected chi connectivity index (χ3v) is 5.24. The summed E-state index contributed by atoms with van der Waals surface area (Å²) in [5, 5.41) is 0.863. The van der Waals surface area contributed by atoms with Crippen LogP contribution in [0.4, 0.5) is 0 Å². The molecule has 0 spiro atoms. The summed E-state index contributed by atoms with van der Waals surface area (Å²) in [6.45, 7) is 2.31. The van der Waals surface area contributed by atoms with Crippen LogP contribution < -0.4 is 0 Å². The third-order valence-electron chi connectivity index (χ3n) is 1.52. The fourth-order valence-corrected chi connectivity index (χ4v) is 5.15. The van der Waals surface area contributed by atoms with Crippen LogP contribution in [-0.4, -0.2) is 19.8 Å². The van der Waals surface area contributed by atoms with Crippen LogP contribution in [0.1, 0.15) is 12.5 Å². The molecule has 0 bridgehead atoms. The molecular formula is C7H8SSe. The van der Waals surface area contributed by atoms with Crippen LogP contribution in [0.15, 0.2) is 14.8 Å². The first-order chi connectivity index (χ1) is 4.36. The quantitative estimate of drug-likeness (QED) is 0.579. The summed E-state index contributed by atoms with van der Waals surface area (Å²) in [7, 11) is 0. The van der Waals surface area contributed by atoms with Crippen LogP contribution >= 0.6 is 11.8 Å². The van der Waals surface area contributed by atoms with E-state index in [9.17, 15) is 0 Å². The molecule has 1 atom stereocenters. The van der Waals surface area contributed by atoms with Gasteiger partial charge in [-0.15, -0.1) is 0 Å². The first kappa shape index (κ1) is 6.09. The molecule has 0 fully saturated rings. The van der Waals surface area contributed by atoms with Crippen LogP contribution in [0.5, 0.6) is 0 Å². The van der Waals surface area contributed by atoms with E-state index in [0.29, 0.717) is 14.5 Å². The first-order valence-corrected chi connectivity index (χ1v) is 5.82. The van der Waals surface area contributed by atoms with Crippen molar-refractivity contribution in [3.05, 3.63) is 16.6 Å². The average molecular weight is 203 g/mol. The molecule has 1 unspecified atom stereocenters. The Kier molecular flexibility index (Phi) is 1.48. The Morgan fingerprint density at radius 2 is 2.67 bits per heavy atom. The van der Waals surface area contributed by atoms with E-state index in [1.165, 1.54) is 6.42 Å². The summed E-state index contributed by atoms with van der Waals surface area (Å²) in [6, 6.07) is 2.31. The minimum atomic E-state index is 0.713. The van der Waals surface area contributed by atoms with Gasteiger partial charge in [-0.2, -0.15) is 0 Å². The van der Waals surface area contributed by atoms with Crippen molar-refractivity contribution in [2.75, 3.05) is 0 Å². The molecule has 1 aliphatic heterocycles. The fraction of sp³-hybridized carbons (Fsp3) is 0.429. The molecular weight excluding hydrogens is 195 g/mol. The molecule has 2 heterocycles. The van der Waals surface area contributed by atoms with Gasteiger partial charge in [0.1, 0.15) is 0 Å². The van der Waals surface area contributed by atoms with Crippen LogP contribution in [0, 0.1) is 0 Å². The summed E-state index contributed by atoms with van der Waals surface area (Å²) < 4.78 is 1.69. The van der Waals surface area contributed by atoms with Crippen molar-refractivity contribution >= 4 is 26.3 Å². The Balaban J connectivity index is 2.39. The summed E-state index contributed by atoms with van der Waals surface area (Å²) in [5.41, 5.74) is 1.63. The molecule has 0 nitrogen and oxygen atoms in total. The zero-order valence-corrected chi connectivity index (χ0v) is 7.79. The zero-order chi connectivity index (χ0) is 6.27. The summed E-state index contributed by atoms with van der Waals surface area (Å²) in [5.74, 6) is 0. The molecule has 9 heavy (non-hydrogen) atoms.